The van der Waals surface area contributed by atoms with Gasteiger partial charge in [-0.2, -0.15) is 0 Å². The molecule has 120 valence electrons. The van der Waals surface area contributed by atoms with Crippen molar-refractivity contribution in [3.63, 3.8) is 0 Å². The van der Waals surface area contributed by atoms with Gasteiger partial charge in [0.1, 0.15) is 0 Å². The minimum atomic E-state index is -0.224. The number of amides is 1. The average molecular weight is 334 g/mol. The summed E-state index contributed by atoms with van der Waals surface area (Å²) in [6.07, 6.45) is 7.73. The summed E-state index contributed by atoms with van der Waals surface area (Å²) in [6.45, 7) is 1.28. The number of anilines is 1. The first-order valence-electron chi connectivity index (χ1n) is 7.33. The van der Waals surface area contributed by atoms with E-state index < -0.39 is 0 Å². The van der Waals surface area contributed by atoms with Crippen molar-refractivity contribution in [2.75, 3.05) is 18.0 Å². The Balaban J connectivity index is 1.68. The van der Waals surface area contributed by atoms with Crippen LogP contribution >= 0.6 is 11.6 Å². The molecule has 0 aromatic carbocycles. The number of nitrogens with one attached hydrogen (secondary N) is 2. The summed E-state index contributed by atoms with van der Waals surface area (Å²) in [4.78, 5) is 36.6. The van der Waals surface area contributed by atoms with E-state index in [2.05, 4.69) is 20.3 Å². The molecule has 0 saturated carbocycles. The molecular weight excluding hydrogens is 318 g/mol. The number of piperidine rings is 1. The van der Waals surface area contributed by atoms with Crippen LogP contribution in [0.3, 0.4) is 0 Å². The molecule has 2 aromatic rings. The average Bonchev–Trinajstić information content (AvgIpc) is 2.55. The summed E-state index contributed by atoms with van der Waals surface area (Å²) in [7, 11) is 0. The maximum Gasteiger partial charge on any atom is 0.290 e. The molecule has 1 atom stereocenters. The third kappa shape index (κ3) is 3.68. The summed E-state index contributed by atoms with van der Waals surface area (Å²) in [5.41, 5.74) is 0.198. The van der Waals surface area contributed by atoms with Gasteiger partial charge in [-0.15, -0.1) is 0 Å². The number of rotatable bonds is 3. The molecule has 2 N–H and O–H groups in total. The smallest absolute Gasteiger partial charge is 0.290 e. The Morgan fingerprint density at radius 1 is 1.43 bits per heavy atom. The number of pyridine rings is 1. The standard InChI is InChI=1S/C15H16ClN5O2/c16-11-6-10(7-17-8-11)14(22)20-12-2-1-5-21(9-12)13-15(23)19-4-3-18-13/h3-4,6-8,12H,1-2,5,9H2,(H,19,23)(H,20,22)/t12-/m1/s1. The number of hydrogen-bond donors (Lipinski definition) is 2. The SMILES string of the molecule is O=C(N[C@@H]1CCCN(c2ncc[nH]c2=O)C1)c1cncc(Cl)c1. The lowest BCUT2D eigenvalue weighted by Gasteiger charge is -2.33. The van der Waals surface area contributed by atoms with Gasteiger partial charge in [0.25, 0.3) is 11.5 Å². The molecular formula is C15H16ClN5O2. The molecule has 1 aliphatic heterocycles. The van der Waals surface area contributed by atoms with Crippen LogP contribution in [0.15, 0.2) is 35.6 Å². The zero-order valence-corrected chi connectivity index (χ0v) is 13.1. The zero-order valence-electron chi connectivity index (χ0n) is 12.3. The van der Waals surface area contributed by atoms with Gasteiger partial charge < -0.3 is 15.2 Å². The fourth-order valence-electron chi connectivity index (χ4n) is 2.66. The normalized spacial score (nSPS) is 17.8. The molecule has 3 heterocycles. The Morgan fingerprint density at radius 2 is 2.30 bits per heavy atom. The van der Waals surface area contributed by atoms with Gasteiger partial charge in [0.2, 0.25) is 0 Å². The maximum absolute atomic E-state index is 12.3. The summed E-state index contributed by atoms with van der Waals surface area (Å²) in [5, 5.41) is 3.38. The van der Waals surface area contributed by atoms with Gasteiger partial charge in [-0.3, -0.25) is 14.6 Å². The third-order valence-corrected chi connectivity index (χ3v) is 3.92. The maximum atomic E-state index is 12.3. The summed E-state index contributed by atoms with van der Waals surface area (Å²) in [5.74, 6) is 0.164. The molecule has 8 heteroatoms. The Kier molecular flexibility index (Phi) is 4.57. The zero-order chi connectivity index (χ0) is 16.2. The van der Waals surface area contributed by atoms with Crippen LogP contribution in [-0.4, -0.2) is 40.0 Å². The van der Waals surface area contributed by atoms with Crippen LogP contribution < -0.4 is 15.8 Å². The molecule has 1 saturated heterocycles. The van der Waals surface area contributed by atoms with Crippen LogP contribution in [0.25, 0.3) is 0 Å². The van der Waals surface area contributed by atoms with E-state index in [-0.39, 0.29) is 17.5 Å². The van der Waals surface area contributed by atoms with Gasteiger partial charge in [0.05, 0.1) is 10.6 Å². The van der Waals surface area contributed by atoms with E-state index in [1.165, 1.54) is 18.6 Å². The Morgan fingerprint density at radius 3 is 3.09 bits per heavy atom. The second kappa shape index (κ2) is 6.78. The molecule has 0 spiro atoms. The van der Waals surface area contributed by atoms with Gasteiger partial charge in [-0.1, -0.05) is 11.6 Å². The molecule has 0 radical (unpaired) electrons. The van der Waals surface area contributed by atoms with Crippen molar-refractivity contribution in [1.82, 2.24) is 20.3 Å². The number of nitrogens with zero attached hydrogens (tertiary/aromatic N) is 3. The van der Waals surface area contributed by atoms with E-state index in [1.54, 1.807) is 12.3 Å². The lowest BCUT2D eigenvalue weighted by molar-refractivity contribution is 0.0932. The highest BCUT2D eigenvalue weighted by atomic mass is 35.5. The van der Waals surface area contributed by atoms with Crippen LogP contribution in [0, 0.1) is 0 Å². The van der Waals surface area contributed by atoms with Crippen LogP contribution in [0.4, 0.5) is 5.82 Å². The van der Waals surface area contributed by atoms with E-state index in [1.807, 2.05) is 4.90 Å². The highest BCUT2D eigenvalue weighted by Gasteiger charge is 2.24. The van der Waals surface area contributed by atoms with Crippen molar-refractivity contribution in [2.45, 2.75) is 18.9 Å². The first kappa shape index (κ1) is 15.5. The topological polar surface area (TPSA) is 91.0 Å². The van der Waals surface area contributed by atoms with Crippen molar-refractivity contribution in [2.24, 2.45) is 0 Å². The predicted octanol–water partition coefficient (Wildman–Crippen LogP) is 1.22. The second-order valence-corrected chi connectivity index (χ2v) is 5.83. The molecule has 7 nitrogen and oxygen atoms in total. The summed E-state index contributed by atoms with van der Waals surface area (Å²) in [6, 6.07) is 1.52. The van der Waals surface area contributed by atoms with E-state index in [9.17, 15) is 9.59 Å². The second-order valence-electron chi connectivity index (χ2n) is 5.39. The van der Waals surface area contributed by atoms with Crippen LogP contribution in [0.5, 0.6) is 0 Å². The molecule has 0 aliphatic carbocycles. The molecule has 1 aliphatic rings. The molecule has 0 bridgehead atoms. The minimum Gasteiger partial charge on any atom is -0.350 e. The van der Waals surface area contributed by atoms with Crippen LogP contribution in [0.1, 0.15) is 23.2 Å². The summed E-state index contributed by atoms with van der Waals surface area (Å²) >= 11 is 5.86. The first-order valence-corrected chi connectivity index (χ1v) is 7.71. The van der Waals surface area contributed by atoms with Gasteiger partial charge in [-0.05, 0) is 18.9 Å². The number of carbonyl (C=O) groups excluding carboxylic acids is 1. The van der Waals surface area contributed by atoms with Gasteiger partial charge >= 0.3 is 0 Å². The Hall–Kier alpha value is -2.41. The predicted molar refractivity (Wildman–Crippen MR) is 86.8 cm³/mol. The van der Waals surface area contributed by atoms with E-state index >= 15 is 0 Å². The number of halogens is 1. The molecule has 0 unspecified atom stereocenters. The molecule has 3 rings (SSSR count). The highest BCUT2D eigenvalue weighted by Crippen LogP contribution is 2.15. The number of hydrogen-bond acceptors (Lipinski definition) is 5. The van der Waals surface area contributed by atoms with Crippen molar-refractivity contribution in [3.05, 3.63) is 51.8 Å². The van der Waals surface area contributed by atoms with E-state index in [4.69, 9.17) is 11.6 Å². The van der Waals surface area contributed by atoms with Crippen molar-refractivity contribution < 1.29 is 4.79 Å². The van der Waals surface area contributed by atoms with Gasteiger partial charge in [0.15, 0.2) is 5.82 Å². The molecule has 2 aromatic heterocycles. The molecule has 1 amide bonds. The summed E-state index contributed by atoms with van der Waals surface area (Å²) < 4.78 is 0. The van der Waals surface area contributed by atoms with Crippen molar-refractivity contribution in [1.29, 1.82) is 0 Å². The highest BCUT2D eigenvalue weighted by molar-refractivity contribution is 6.30. The van der Waals surface area contributed by atoms with Crippen LogP contribution in [-0.2, 0) is 0 Å². The van der Waals surface area contributed by atoms with E-state index in [0.29, 0.717) is 22.9 Å². The monoisotopic (exact) mass is 333 g/mol. The molecule has 1 fully saturated rings. The number of aromatic amines is 1. The fourth-order valence-corrected chi connectivity index (χ4v) is 2.84. The van der Waals surface area contributed by atoms with Crippen LogP contribution in [0.2, 0.25) is 5.02 Å². The fraction of sp³-hybridized carbons (Fsp3) is 0.333. The lowest BCUT2D eigenvalue weighted by atomic mass is 10.1. The number of aromatic nitrogens is 3. The van der Waals surface area contributed by atoms with Gasteiger partial charge in [0, 0.05) is 43.9 Å². The Bertz CT molecular complexity index is 763. The lowest BCUT2D eigenvalue weighted by Crippen LogP contribution is -2.49. The Labute approximate surface area is 137 Å². The minimum absolute atomic E-state index is 0.0587. The number of carbonyl (C=O) groups is 1. The van der Waals surface area contributed by atoms with Crippen molar-refractivity contribution in [3.8, 4) is 0 Å². The third-order valence-electron chi connectivity index (χ3n) is 3.71. The quantitative estimate of drug-likeness (QED) is 0.881. The number of H-pyrrole nitrogens is 1. The van der Waals surface area contributed by atoms with E-state index in [0.717, 1.165) is 19.4 Å². The molecule has 23 heavy (non-hydrogen) atoms. The largest absolute Gasteiger partial charge is 0.350 e. The first-order chi connectivity index (χ1) is 11.1. The van der Waals surface area contributed by atoms with Crippen molar-refractivity contribution >= 4 is 23.3 Å². The van der Waals surface area contributed by atoms with Gasteiger partial charge in [-0.25, -0.2) is 4.98 Å².